The second-order valence-electron chi connectivity index (χ2n) is 7.40. The number of piperidine rings is 1. The Labute approximate surface area is 163 Å². The van der Waals surface area contributed by atoms with Crippen LogP contribution in [0.1, 0.15) is 32.3 Å². The maximum absolute atomic E-state index is 12.9. The number of carbonyl (C=O) groups is 1. The maximum Gasteiger partial charge on any atom is 0.416 e. The molecular formula is C18H26F3N3O3S. The Bertz CT molecular complexity index is 797. The van der Waals surface area contributed by atoms with Gasteiger partial charge in [-0.25, -0.2) is 8.42 Å². The molecule has 158 valence electrons. The van der Waals surface area contributed by atoms with Crippen LogP contribution in [0.25, 0.3) is 0 Å². The van der Waals surface area contributed by atoms with Crippen LogP contribution in [0.5, 0.6) is 0 Å². The first-order chi connectivity index (χ1) is 13.0. The molecule has 1 aliphatic rings. The van der Waals surface area contributed by atoms with E-state index in [0.29, 0.717) is 25.7 Å². The number of halogens is 3. The van der Waals surface area contributed by atoms with E-state index in [4.69, 9.17) is 5.73 Å². The van der Waals surface area contributed by atoms with Crippen molar-refractivity contribution in [1.82, 2.24) is 9.62 Å². The molecule has 2 atom stereocenters. The number of nitrogens with one attached hydrogen (secondary N) is 1. The number of likely N-dealkylation sites (tertiary alicyclic amines) is 1. The minimum absolute atomic E-state index is 0.158. The minimum Gasteiger partial charge on any atom is -0.341 e. The van der Waals surface area contributed by atoms with Crippen molar-refractivity contribution in [3.63, 3.8) is 0 Å². The molecule has 1 aliphatic heterocycles. The molecule has 0 unspecified atom stereocenters. The number of sulfonamides is 1. The highest BCUT2D eigenvalue weighted by Gasteiger charge is 2.35. The van der Waals surface area contributed by atoms with Gasteiger partial charge in [-0.15, -0.1) is 0 Å². The highest BCUT2D eigenvalue weighted by Crippen LogP contribution is 2.30. The summed E-state index contributed by atoms with van der Waals surface area (Å²) < 4.78 is 66.3. The summed E-state index contributed by atoms with van der Waals surface area (Å²) in [6.45, 7) is 4.75. The van der Waals surface area contributed by atoms with Crippen LogP contribution >= 0.6 is 0 Å². The van der Waals surface area contributed by atoms with Crippen molar-refractivity contribution in [2.75, 3.05) is 19.6 Å². The molecule has 0 spiro atoms. The standard InChI is InChI=1S/C18H26F3N3O3S/c1-12(2)16(17(25)24-8-4-5-13(10-22)11-24)23-28(26,27)15-7-3-6-14(9-15)18(19,20)21/h3,6-7,9,12-13,16,23H,4-5,8,10-11,22H2,1-2H3/t13-,16-/m0/s1. The first-order valence-corrected chi connectivity index (χ1v) is 10.6. The van der Waals surface area contributed by atoms with Gasteiger partial charge < -0.3 is 10.6 Å². The Balaban J connectivity index is 2.24. The van der Waals surface area contributed by atoms with E-state index in [2.05, 4.69) is 4.72 Å². The third-order valence-corrected chi connectivity index (χ3v) is 6.29. The van der Waals surface area contributed by atoms with Crippen molar-refractivity contribution in [2.24, 2.45) is 17.6 Å². The van der Waals surface area contributed by atoms with E-state index < -0.39 is 32.7 Å². The zero-order valence-corrected chi connectivity index (χ0v) is 16.7. The molecule has 0 aliphatic carbocycles. The zero-order chi connectivity index (χ0) is 21.1. The molecule has 2 rings (SSSR count). The van der Waals surface area contributed by atoms with E-state index in [1.807, 2.05) is 0 Å². The lowest BCUT2D eigenvalue weighted by Crippen LogP contribution is -2.53. The predicted molar refractivity (Wildman–Crippen MR) is 98.7 cm³/mol. The Morgan fingerprint density at radius 1 is 1.36 bits per heavy atom. The quantitative estimate of drug-likeness (QED) is 0.737. The second kappa shape index (κ2) is 8.79. The number of benzene rings is 1. The molecule has 1 aromatic carbocycles. The van der Waals surface area contributed by atoms with Crippen LogP contribution in [-0.4, -0.2) is 44.9 Å². The lowest BCUT2D eigenvalue weighted by atomic mass is 9.96. The normalized spacial score (nSPS) is 19.7. The molecule has 28 heavy (non-hydrogen) atoms. The molecule has 10 heteroatoms. The van der Waals surface area contributed by atoms with E-state index in [-0.39, 0.29) is 17.7 Å². The summed E-state index contributed by atoms with van der Waals surface area (Å²) in [5, 5.41) is 0. The zero-order valence-electron chi connectivity index (χ0n) is 15.9. The monoisotopic (exact) mass is 421 g/mol. The summed E-state index contributed by atoms with van der Waals surface area (Å²) in [6, 6.07) is 2.39. The van der Waals surface area contributed by atoms with Crippen LogP contribution in [0.4, 0.5) is 13.2 Å². The molecule has 1 fully saturated rings. The van der Waals surface area contributed by atoms with Gasteiger partial charge in [0.2, 0.25) is 15.9 Å². The van der Waals surface area contributed by atoms with E-state index in [9.17, 15) is 26.4 Å². The summed E-state index contributed by atoms with van der Waals surface area (Å²) in [7, 11) is -4.31. The molecule has 0 bridgehead atoms. The number of nitrogens with two attached hydrogens (primary N) is 1. The molecule has 0 saturated carbocycles. The summed E-state index contributed by atoms with van der Waals surface area (Å²) >= 11 is 0. The van der Waals surface area contributed by atoms with Gasteiger partial charge in [-0.1, -0.05) is 19.9 Å². The SMILES string of the molecule is CC(C)[C@H](NS(=O)(=O)c1cccc(C(F)(F)F)c1)C(=O)N1CCC[C@@H](CN)C1. The fraction of sp³-hybridized carbons (Fsp3) is 0.611. The van der Waals surface area contributed by atoms with Gasteiger partial charge in [0, 0.05) is 13.1 Å². The molecular weight excluding hydrogens is 395 g/mol. The van der Waals surface area contributed by atoms with Crippen LogP contribution in [0.2, 0.25) is 0 Å². The van der Waals surface area contributed by atoms with Crippen molar-refractivity contribution < 1.29 is 26.4 Å². The molecule has 1 heterocycles. The summed E-state index contributed by atoms with van der Waals surface area (Å²) in [5.41, 5.74) is 4.62. The predicted octanol–water partition coefficient (Wildman–Crippen LogP) is 2.21. The van der Waals surface area contributed by atoms with E-state index >= 15 is 0 Å². The van der Waals surface area contributed by atoms with Crippen molar-refractivity contribution in [3.05, 3.63) is 29.8 Å². The summed E-state index contributed by atoms with van der Waals surface area (Å²) in [4.78, 5) is 14.0. The van der Waals surface area contributed by atoms with Gasteiger partial charge in [0.15, 0.2) is 0 Å². The second-order valence-corrected chi connectivity index (χ2v) is 9.11. The molecule has 0 radical (unpaired) electrons. The smallest absolute Gasteiger partial charge is 0.341 e. The molecule has 1 saturated heterocycles. The van der Waals surface area contributed by atoms with Crippen molar-refractivity contribution in [2.45, 2.75) is 43.8 Å². The summed E-state index contributed by atoms with van der Waals surface area (Å²) in [6.07, 6.45) is -2.98. The largest absolute Gasteiger partial charge is 0.416 e. The number of hydrogen-bond acceptors (Lipinski definition) is 4. The van der Waals surface area contributed by atoms with Gasteiger partial charge >= 0.3 is 6.18 Å². The lowest BCUT2D eigenvalue weighted by Gasteiger charge is -2.35. The van der Waals surface area contributed by atoms with Crippen LogP contribution in [0.15, 0.2) is 29.2 Å². The van der Waals surface area contributed by atoms with Gasteiger partial charge in [0.1, 0.15) is 6.04 Å². The number of amides is 1. The van der Waals surface area contributed by atoms with Crippen LogP contribution in [0.3, 0.4) is 0 Å². The van der Waals surface area contributed by atoms with Crippen molar-refractivity contribution >= 4 is 15.9 Å². The van der Waals surface area contributed by atoms with Gasteiger partial charge in [0.25, 0.3) is 0 Å². The first-order valence-electron chi connectivity index (χ1n) is 9.14. The Morgan fingerprint density at radius 3 is 2.61 bits per heavy atom. The van der Waals surface area contributed by atoms with Crippen molar-refractivity contribution in [1.29, 1.82) is 0 Å². The number of hydrogen-bond donors (Lipinski definition) is 2. The number of rotatable bonds is 6. The number of nitrogens with zero attached hydrogens (tertiary/aromatic N) is 1. The van der Waals surface area contributed by atoms with E-state index in [1.165, 1.54) is 0 Å². The molecule has 3 N–H and O–H groups in total. The number of alkyl halides is 3. The molecule has 1 aromatic rings. The van der Waals surface area contributed by atoms with Crippen LogP contribution in [-0.2, 0) is 21.0 Å². The molecule has 6 nitrogen and oxygen atoms in total. The topological polar surface area (TPSA) is 92.5 Å². The van der Waals surface area contributed by atoms with E-state index in [1.54, 1.807) is 18.7 Å². The fourth-order valence-corrected chi connectivity index (χ4v) is 4.58. The van der Waals surface area contributed by atoms with E-state index in [0.717, 1.165) is 31.0 Å². The fourth-order valence-electron chi connectivity index (χ4n) is 3.20. The highest BCUT2D eigenvalue weighted by molar-refractivity contribution is 7.89. The van der Waals surface area contributed by atoms with Gasteiger partial charge in [-0.3, -0.25) is 4.79 Å². The van der Waals surface area contributed by atoms with Gasteiger partial charge in [0.05, 0.1) is 10.5 Å². The first kappa shape index (κ1) is 22.6. The Hall–Kier alpha value is -1.65. The maximum atomic E-state index is 12.9. The highest BCUT2D eigenvalue weighted by atomic mass is 32.2. The lowest BCUT2D eigenvalue weighted by molar-refractivity contribution is -0.138. The third-order valence-electron chi connectivity index (χ3n) is 4.85. The number of carbonyl (C=O) groups excluding carboxylic acids is 1. The van der Waals surface area contributed by atoms with Gasteiger partial charge in [-0.05, 0) is 49.4 Å². The minimum atomic E-state index is -4.66. The summed E-state index contributed by atoms with van der Waals surface area (Å²) in [5.74, 6) is -0.611. The average Bonchev–Trinajstić information content (AvgIpc) is 2.65. The van der Waals surface area contributed by atoms with Crippen LogP contribution in [0, 0.1) is 11.8 Å². The van der Waals surface area contributed by atoms with Crippen molar-refractivity contribution in [3.8, 4) is 0 Å². The van der Waals surface area contributed by atoms with Crippen LogP contribution < -0.4 is 10.5 Å². The average molecular weight is 421 g/mol. The molecule has 1 amide bonds. The third kappa shape index (κ3) is 5.45. The Kier molecular flexibility index (Phi) is 7.11. The molecule has 0 aromatic heterocycles. The Morgan fingerprint density at radius 2 is 2.04 bits per heavy atom. The van der Waals surface area contributed by atoms with Gasteiger partial charge in [-0.2, -0.15) is 17.9 Å².